The quantitative estimate of drug-likeness (QED) is 0.289. The molecule has 12 heteroatoms. The zero-order chi connectivity index (χ0) is 29.1. The van der Waals surface area contributed by atoms with Gasteiger partial charge in [-0.1, -0.05) is 41.6 Å². The molecule has 2 aliphatic heterocycles. The second kappa shape index (κ2) is 15.4. The highest BCUT2D eigenvalue weighted by molar-refractivity contribution is 7.99. The summed E-state index contributed by atoms with van der Waals surface area (Å²) < 4.78 is 5.18. The van der Waals surface area contributed by atoms with E-state index >= 15 is 0 Å². The number of hydrogen-bond acceptors (Lipinski definition) is 8. The highest BCUT2D eigenvalue weighted by Crippen LogP contribution is 2.43. The third-order valence-corrected chi connectivity index (χ3v) is 7.81. The molecule has 0 spiro atoms. The van der Waals surface area contributed by atoms with Crippen molar-refractivity contribution in [2.24, 2.45) is 0 Å². The number of halogens is 1. The zero-order valence-electron chi connectivity index (χ0n) is 21.7. The van der Waals surface area contributed by atoms with Crippen LogP contribution in [0.25, 0.3) is 0 Å². The summed E-state index contributed by atoms with van der Waals surface area (Å²) in [5, 5.41) is 25.0. The van der Waals surface area contributed by atoms with E-state index in [9.17, 15) is 19.2 Å². The van der Waals surface area contributed by atoms with E-state index in [1.54, 1.807) is 0 Å². The first-order valence-electron chi connectivity index (χ1n) is 12.7. The number of piperazine rings is 1. The number of hydrogen-bond donors (Lipinski definition) is 3. The lowest BCUT2D eigenvalue weighted by atomic mass is 9.96. The van der Waals surface area contributed by atoms with Gasteiger partial charge in [-0.05, 0) is 41.8 Å². The van der Waals surface area contributed by atoms with Crippen molar-refractivity contribution in [2.45, 2.75) is 35.1 Å². The van der Waals surface area contributed by atoms with Gasteiger partial charge in [0.2, 0.25) is 0 Å². The number of aliphatic carboxylic acids is 3. The molecule has 4 rings (SSSR count). The van der Waals surface area contributed by atoms with Crippen molar-refractivity contribution < 1.29 is 39.2 Å². The van der Waals surface area contributed by atoms with Gasteiger partial charge in [0.05, 0.1) is 12.8 Å². The Balaban J connectivity index is 0.000000482. The Kier molecular flexibility index (Phi) is 12.0. The van der Waals surface area contributed by atoms with Gasteiger partial charge in [-0.25, -0.2) is 9.59 Å². The molecule has 1 atom stereocenters. The Hall–Kier alpha value is -3.38. The van der Waals surface area contributed by atoms with E-state index in [-0.39, 0.29) is 12.8 Å². The van der Waals surface area contributed by atoms with Crippen LogP contribution in [0.15, 0.2) is 64.4 Å². The number of benzene rings is 2. The largest absolute Gasteiger partial charge is 0.481 e. The van der Waals surface area contributed by atoms with Crippen LogP contribution in [0.2, 0.25) is 5.02 Å². The Morgan fingerprint density at radius 3 is 2.25 bits per heavy atom. The molecule has 0 bridgehead atoms. The molecular weight excluding hydrogens is 560 g/mol. The number of carboxylic acid groups (broad SMARTS) is 3. The second-order valence-corrected chi connectivity index (χ2v) is 10.6. The standard InChI is InChI=1S/C24H27ClN2O4S.C4H4O4/c25-18-5-6-21-17(15-18)16-20(19-3-1-2-4-22(19)32-21)27-11-9-26(10-12-27)13-14-31-24(30)8-7-23(28)29;5-3(6)1-2-4(7)8/h1-6,15,20H,7-14,16H2,(H,28,29);1-2H,(H,5,6)(H,7,8)/b;2-1-. The predicted molar refractivity (Wildman–Crippen MR) is 149 cm³/mol. The maximum Gasteiger partial charge on any atom is 0.328 e. The van der Waals surface area contributed by atoms with Crippen molar-refractivity contribution in [1.82, 2.24) is 9.80 Å². The molecule has 10 nitrogen and oxygen atoms in total. The lowest BCUT2D eigenvalue weighted by molar-refractivity contribution is -0.148. The summed E-state index contributed by atoms with van der Waals surface area (Å²) in [5.74, 6) is -3.95. The molecule has 2 aromatic rings. The molecule has 1 unspecified atom stereocenters. The van der Waals surface area contributed by atoms with Crippen LogP contribution in [0.4, 0.5) is 0 Å². The topological polar surface area (TPSA) is 145 Å². The smallest absolute Gasteiger partial charge is 0.328 e. The third kappa shape index (κ3) is 9.98. The van der Waals surface area contributed by atoms with Crippen LogP contribution in [0.3, 0.4) is 0 Å². The summed E-state index contributed by atoms with van der Waals surface area (Å²) in [4.78, 5) is 48.7. The Labute approximate surface area is 241 Å². The predicted octanol–water partition coefficient (Wildman–Crippen LogP) is 3.83. The molecule has 1 saturated heterocycles. The molecule has 40 heavy (non-hydrogen) atoms. The lowest BCUT2D eigenvalue weighted by Crippen LogP contribution is -2.48. The van der Waals surface area contributed by atoms with E-state index in [2.05, 4.69) is 46.2 Å². The molecule has 0 amide bonds. The number of carbonyl (C=O) groups is 4. The van der Waals surface area contributed by atoms with Gasteiger partial charge >= 0.3 is 23.9 Å². The fraction of sp³-hybridized carbons (Fsp3) is 0.357. The highest BCUT2D eigenvalue weighted by Gasteiger charge is 2.30. The molecular formula is C28H31ClN2O8S. The molecule has 0 saturated carbocycles. The van der Waals surface area contributed by atoms with Crippen molar-refractivity contribution in [2.75, 3.05) is 39.3 Å². The summed E-state index contributed by atoms with van der Waals surface area (Å²) in [5.41, 5.74) is 2.66. The monoisotopic (exact) mass is 590 g/mol. The van der Waals surface area contributed by atoms with Crippen LogP contribution in [0.5, 0.6) is 0 Å². The molecule has 3 N–H and O–H groups in total. The van der Waals surface area contributed by atoms with Crippen molar-refractivity contribution in [3.8, 4) is 0 Å². The van der Waals surface area contributed by atoms with Crippen molar-refractivity contribution in [3.05, 3.63) is 70.8 Å². The van der Waals surface area contributed by atoms with Gasteiger partial charge in [-0.2, -0.15) is 0 Å². The van der Waals surface area contributed by atoms with Crippen LogP contribution in [-0.4, -0.2) is 88.3 Å². The number of esters is 1. The molecule has 2 aliphatic rings. The number of nitrogens with zero attached hydrogens (tertiary/aromatic N) is 2. The maximum absolute atomic E-state index is 11.6. The fourth-order valence-corrected chi connectivity index (χ4v) is 5.74. The van der Waals surface area contributed by atoms with Gasteiger partial charge in [-0.3, -0.25) is 19.4 Å². The van der Waals surface area contributed by atoms with E-state index in [0.29, 0.717) is 31.3 Å². The van der Waals surface area contributed by atoms with E-state index in [4.69, 9.17) is 31.7 Å². The van der Waals surface area contributed by atoms with Gasteiger partial charge in [0, 0.05) is 65.7 Å². The summed E-state index contributed by atoms with van der Waals surface area (Å²) >= 11 is 8.12. The minimum atomic E-state index is -1.26. The van der Waals surface area contributed by atoms with Gasteiger partial charge < -0.3 is 20.1 Å². The minimum absolute atomic E-state index is 0.0757. The highest BCUT2D eigenvalue weighted by atomic mass is 35.5. The van der Waals surface area contributed by atoms with Crippen molar-refractivity contribution >= 4 is 47.2 Å². The minimum Gasteiger partial charge on any atom is -0.481 e. The molecule has 0 aliphatic carbocycles. The summed E-state index contributed by atoms with van der Waals surface area (Å²) in [6, 6.07) is 15.1. The van der Waals surface area contributed by atoms with Crippen molar-refractivity contribution in [3.63, 3.8) is 0 Å². The Morgan fingerprint density at radius 2 is 1.60 bits per heavy atom. The lowest BCUT2D eigenvalue weighted by Gasteiger charge is -2.39. The maximum atomic E-state index is 11.6. The fourth-order valence-electron chi connectivity index (χ4n) is 4.43. The normalized spacial score (nSPS) is 17.1. The average Bonchev–Trinajstić information content (AvgIpc) is 3.08. The van der Waals surface area contributed by atoms with Gasteiger partial charge in [0.1, 0.15) is 6.61 Å². The summed E-state index contributed by atoms with van der Waals surface area (Å²) in [6.07, 6.45) is 1.78. The zero-order valence-corrected chi connectivity index (χ0v) is 23.3. The molecule has 0 radical (unpaired) electrons. The molecule has 2 heterocycles. The van der Waals surface area contributed by atoms with Gasteiger partial charge in [-0.15, -0.1) is 0 Å². The van der Waals surface area contributed by atoms with E-state index < -0.39 is 23.9 Å². The van der Waals surface area contributed by atoms with E-state index in [0.717, 1.165) is 37.6 Å². The Morgan fingerprint density at radius 1 is 0.925 bits per heavy atom. The van der Waals surface area contributed by atoms with Crippen LogP contribution in [0.1, 0.15) is 30.0 Å². The number of rotatable bonds is 9. The molecule has 2 aromatic carbocycles. The Bertz CT molecular complexity index is 1230. The molecule has 214 valence electrons. The van der Waals surface area contributed by atoms with Crippen LogP contribution in [0, 0.1) is 0 Å². The van der Waals surface area contributed by atoms with Crippen LogP contribution >= 0.6 is 23.4 Å². The molecule has 1 fully saturated rings. The van der Waals surface area contributed by atoms with Gasteiger partial charge in [0.25, 0.3) is 0 Å². The van der Waals surface area contributed by atoms with Crippen LogP contribution < -0.4 is 0 Å². The van der Waals surface area contributed by atoms with E-state index in [1.165, 1.54) is 20.9 Å². The first kappa shape index (κ1) is 31.2. The average molecular weight is 591 g/mol. The van der Waals surface area contributed by atoms with Crippen molar-refractivity contribution in [1.29, 1.82) is 0 Å². The summed E-state index contributed by atoms with van der Waals surface area (Å²) in [6.45, 7) is 4.65. The number of ether oxygens (including phenoxy) is 1. The number of carboxylic acids is 3. The summed E-state index contributed by atoms with van der Waals surface area (Å²) in [7, 11) is 0. The second-order valence-electron chi connectivity index (χ2n) is 9.11. The molecule has 0 aromatic heterocycles. The first-order chi connectivity index (χ1) is 19.1. The number of carbonyl (C=O) groups excluding carboxylic acids is 1. The van der Waals surface area contributed by atoms with E-state index in [1.807, 2.05) is 17.8 Å². The van der Waals surface area contributed by atoms with Gasteiger partial charge in [0.15, 0.2) is 0 Å². The third-order valence-electron chi connectivity index (χ3n) is 6.36. The van der Waals surface area contributed by atoms with Crippen LogP contribution in [-0.2, 0) is 30.3 Å². The SMILES string of the molecule is O=C(O)/C=C\C(=O)O.O=C(O)CCC(=O)OCCN1CCN(C2Cc3cc(Cl)ccc3Sc3ccccc32)CC1. The first-order valence-corrected chi connectivity index (χ1v) is 13.8. The number of fused-ring (bicyclic) bond motifs is 2.